The van der Waals surface area contributed by atoms with Crippen molar-refractivity contribution in [1.29, 1.82) is 0 Å². The summed E-state index contributed by atoms with van der Waals surface area (Å²) in [6, 6.07) is 3.82. The monoisotopic (exact) mass is 336 g/mol. The van der Waals surface area contributed by atoms with Gasteiger partial charge in [0.1, 0.15) is 0 Å². The first-order valence-corrected chi connectivity index (χ1v) is 6.79. The van der Waals surface area contributed by atoms with Gasteiger partial charge in [-0.05, 0) is 25.0 Å². The van der Waals surface area contributed by atoms with Gasteiger partial charge in [0.2, 0.25) is 5.91 Å². The molecule has 6 heteroatoms. The number of benzene rings is 1. The van der Waals surface area contributed by atoms with Gasteiger partial charge >= 0.3 is 0 Å². The molecular weight excluding hydrogens is 327 g/mol. The lowest BCUT2D eigenvalue weighted by Crippen LogP contribution is -2.31. The summed E-state index contributed by atoms with van der Waals surface area (Å²) in [5.74, 6) is -0.0393. The van der Waals surface area contributed by atoms with Crippen LogP contribution in [0.5, 0.6) is 0 Å². The Labute approximate surface area is 118 Å². The van der Waals surface area contributed by atoms with Gasteiger partial charge in [-0.2, -0.15) is 0 Å². The van der Waals surface area contributed by atoms with Gasteiger partial charge in [-0.25, -0.2) is 0 Å². The minimum Gasteiger partial charge on any atom is -0.374 e. The van der Waals surface area contributed by atoms with Crippen LogP contribution in [0.3, 0.4) is 0 Å². The van der Waals surface area contributed by atoms with Crippen LogP contribution in [-0.4, -0.2) is 18.5 Å². The summed E-state index contributed by atoms with van der Waals surface area (Å²) >= 11 is 15.3. The Morgan fingerprint density at radius 3 is 2.47 bits per heavy atom. The largest absolute Gasteiger partial charge is 0.374 e. The zero-order valence-corrected chi connectivity index (χ0v) is 12.0. The molecule has 92 valence electrons. The van der Waals surface area contributed by atoms with E-state index in [1.54, 1.807) is 12.1 Å². The predicted octanol–water partition coefficient (Wildman–Crippen LogP) is 3.45. The highest BCUT2D eigenvalue weighted by Gasteiger charge is 2.23. The summed E-state index contributed by atoms with van der Waals surface area (Å²) in [5, 5.41) is 6.80. The summed E-state index contributed by atoms with van der Waals surface area (Å²) in [4.78, 5) is 11.5. The van der Waals surface area contributed by atoms with Crippen molar-refractivity contribution in [2.45, 2.75) is 18.9 Å². The molecule has 2 rings (SSSR count). The molecule has 17 heavy (non-hydrogen) atoms. The van der Waals surface area contributed by atoms with Gasteiger partial charge in [0.25, 0.3) is 0 Å². The van der Waals surface area contributed by atoms with Crippen LogP contribution in [-0.2, 0) is 4.79 Å². The molecule has 1 saturated carbocycles. The van der Waals surface area contributed by atoms with Gasteiger partial charge in [-0.15, -0.1) is 0 Å². The van der Waals surface area contributed by atoms with Gasteiger partial charge in [0, 0.05) is 10.5 Å². The number of carbonyl (C=O) groups excluding carboxylic acids is 1. The number of amides is 1. The Hall–Kier alpha value is -0.450. The molecular formula is C11H11BrCl2N2O. The molecule has 1 fully saturated rings. The van der Waals surface area contributed by atoms with E-state index < -0.39 is 0 Å². The number of anilines is 1. The molecule has 1 amide bonds. The van der Waals surface area contributed by atoms with Crippen molar-refractivity contribution in [1.82, 2.24) is 5.32 Å². The number of halogens is 3. The first-order valence-electron chi connectivity index (χ1n) is 5.24. The lowest BCUT2D eigenvalue weighted by molar-refractivity contribution is -0.119. The van der Waals surface area contributed by atoms with E-state index in [0.717, 1.165) is 17.3 Å². The molecule has 1 aliphatic carbocycles. The second-order valence-electron chi connectivity index (χ2n) is 3.94. The van der Waals surface area contributed by atoms with E-state index in [1.165, 1.54) is 0 Å². The maximum Gasteiger partial charge on any atom is 0.239 e. The van der Waals surface area contributed by atoms with Gasteiger partial charge in [-0.3, -0.25) is 4.79 Å². The summed E-state index contributed by atoms with van der Waals surface area (Å²) < 4.78 is 0.806. The number of nitrogens with one attached hydrogen (secondary N) is 2. The van der Waals surface area contributed by atoms with Crippen LogP contribution in [0.1, 0.15) is 12.8 Å². The Kier molecular flexibility index (Phi) is 4.17. The normalized spacial score (nSPS) is 14.5. The fraction of sp³-hybridized carbons (Fsp3) is 0.364. The van der Waals surface area contributed by atoms with Crippen LogP contribution in [0.15, 0.2) is 16.6 Å². The van der Waals surface area contributed by atoms with E-state index in [-0.39, 0.29) is 12.5 Å². The fourth-order valence-corrected chi connectivity index (χ4v) is 2.73. The van der Waals surface area contributed by atoms with Crippen LogP contribution in [0, 0.1) is 0 Å². The van der Waals surface area contributed by atoms with E-state index >= 15 is 0 Å². The number of rotatable bonds is 4. The summed E-state index contributed by atoms with van der Waals surface area (Å²) in [6.07, 6.45) is 2.15. The molecule has 1 aromatic rings. The molecule has 1 aliphatic rings. The van der Waals surface area contributed by atoms with Crippen LogP contribution in [0.2, 0.25) is 10.0 Å². The van der Waals surface area contributed by atoms with Crippen molar-refractivity contribution in [3.05, 3.63) is 26.7 Å². The minimum absolute atomic E-state index is 0.0393. The zero-order valence-electron chi connectivity index (χ0n) is 8.90. The highest BCUT2D eigenvalue weighted by molar-refractivity contribution is 9.10. The molecule has 3 nitrogen and oxygen atoms in total. The third kappa shape index (κ3) is 3.76. The van der Waals surface area contributed by atoms with E-state index in [2.05, 4.69) is 26.6 Å². The van der Waals surface area contributed by atoms with Gasteiger partial charge in [-0.1, -0.05) is 39.1 Å². The quantitative estimate of drug-likeness (QED) is 0.883. The summed E-state index contributed by atoms with van der Waals surface area (Å²) in [5.41, 5.74) is 0.586. The van der Waals surface area contributed by atoms with Crippen molar-refractivity contribution in [3.8, 4) is 0 Å². The molecule has 0 heterocycles. The van der Waals surface area contributed by atoms with E-state index in [0.29, 0.717) is 21.8 Å². The number of hydrogen-bond acceptors (Lipinski definition) is 2. The van der Waals surface area contributed by atoms with E-state index in [9.17, 15) is 4.79 Å². The molecule has 0 spiro atoms. The third-order valence-electron chi connectivity index (χ3n) is 2.38. The standard InChI is InChI=1S/C11H11BrCl2N2O/c12-6-3-8(13)11(9(14)4-6)15-5-10(17)16-7-1-2-7/h3-4,7,15H,1-2,5H2,(H,16,17). The zero-order chi connectivity index (χ0) is 12.4. The molecule has 0 aromatic heterocycles. The molecule has 0 aliphatic heterocycles. The first kappa shape index (κ1) is 13.0. The molecule has 0 atom stereocenters. The fourth-order valence-electron chi connectivity index (χ4n) is 1.39. The van der Waals surface area contributed by atoms with Crippen molar-refractivity contribution in [3.63, 3.8) is 0 Å². The van der Waals surface area contributed by atoms with Crippen LogP contribution in [0.25, 0.3) is 0 Å². The average Bonchev–Trinajstić information content (AvgIpc) is 2.99. The highest BCUT2D eigenvalue weighted by atomic mass is 79.9. The molecule has 0 saturated heterocycles. The topological polar surface area (TPSA) is 41.1 Å². The predicted molar refractivity (Wildman–Crippen MR) is 73.8 cm³/mol. The third-order valence-corrected chi connectivity index (χ3v) is 3.43. The molecule has 1 aromatic carbocycles. The van der Waals surface area contributed by atoms with Crippen molar-refractivity contribution in [2.75, 3.05) is 11.9 Å². The van der Waals surface area contributed by atoms with Gasteiger partial charge in [0.15, 0.2) is 0 Å². The maximum absolute atomic E-state index is 11.5. The Bertz CT molecular complexity index is 426. The Balaban J connectivity index is 1.95. The first-order chi connectivity index (χ1) is 8.06. The SMILES string of the molecule is O=C(CNc1c(Cl)cc(Br)cc1Cl)NC1CC1. The smallest absolute Gasteiger partial charge is 0.239 e. The maximum atomic E-state index is 11.5. The van der Waals surface area contributed by atoms with Crippen LogP contribution in [0.4, 0.5) is 5.69 Å². The highest BCUT2D eigenvalue weighted by Crippen LogP contribution is 2.33. The summed E-state index contributed by atoms with van der Waals surface area (Å²) in [7, 11) is 0. The second-order valence-corrected chi connectivity index (χ2v) is 5.67. The summed E-state index contributed by atoms with van der Waals surface area (Å²) in [6.45, 7) is 0.178. The van der Waals surface area contributed by atoms with Gasteiger partial charge < -0.3 is 10.6 Å². The van der Waals surface area contributed by atoms with Crippen LogP contribution < -0.4 is 10.6 Å². The Morgan fingerprint density at radius 1 is 1.35 bits per heavy atom. The average molecular weight is 338 g/mol. The lowest BCUT2D eigenvalue weighted by atomic mass is 10.3. The van der Waals surface area contributed by atoms with Crippen molar-refractivity contribution >= 4 is 50.7 Å². The number of hydrogen-bond donors (Lipinski definition) is 2. The van der Waals surface area contributed by atoms with Crippen LogP contribution >= 0.6 is 39.1 Å². The molecule has 0 bridgehead atoms. The van der Waals surface area contributed by atoms with E-state index in [4.69, 9.17) is 23.2 Å². The lowest BCUT2D eigenvalue weighted by Gasteiger charge is -2.10. The van der Waals surface area contributed by atoms with Gasteiger partial charge in [0.05, 0.1) is 22.3 Å². The molecule has 0 unspecified atom stereocenters. The minimum atomic E-state index is -0.0393. The molecule has 0 radical (unpaired) electrons. The van der Waals surface area contributed by atoms with E-state index in [1.807, 2.05) is 0 Å². The number of carbonyl (C=O) groups is 1. The van der Waals surface area contributed by atoms with Crippen molar-refractivity contribution in [2.24, 2.45) is 0 Å². The molecule has 2 N–H and O–H groups in total. The Morgan fingerprint density at radius 2 is 1.94 bits per heavy atom. The second kappa shape index (κ2) is 5.46. The van der Waals surface area contributed by atoms with Crippen molar-refractivity contribution < 1.29 is 4.79 Å².